The minimum atomic E-state index is -0.454. The summed E-state index contributed by atoms with van der Waals surface area (Å²) in [5, 5.41) is 4.54. The van der Waals surface area contributed by atoms with Gasteiger partial charge in [-0.2, -0.15) is 0 Å². The van der Waals surface area contributed by atoms with Gasteiger partial charge in [0.1, 0.15) is 6.04 Å². The number of anilines is 1. The third kappa shape index (κ3) is 2.29. The summed E-state index contributed by atoms with van der Waals surface area (Å²) < 4.78 is 0. The molecule has 0 radical (unpaired) electrons. The van der Waals surface area contributed by atoms with E-state index in [2.05, 4.69) is 40.6 Å². The number of nitrogens with zero attached hydrogens (tertiary/aromatic N) is 2. The fourth-order valence-electron chi connectivity index (χ4n) is 5.25. The normalized spacial score (nSPS) is 23.1. The van der Waals surface area contributed by atoms with Crippen molar-refractivity contribution in [2.24, 2.45) is 0 Å². The van der Waals surface area contributed by atoms with Gasteiger partial charge in [-0.05, 0) is 35.2 Å². The Balaban J connectivity index is 1.59. The highest BCUT2D eigenvalue weighted by Gasteiger charge is 2.47. The fraction of sp³-hybridized carbons (Fsp3) is 0.304. The molecule has 6 nitrogen and oxygen atoms in total. The lowest BCUT2D eigenvalue weighted by Gasteiger charge is -2.46. The summed E-state index contributed by atoms with van der Waals surface area (Å²) in [4.78, 5) is 33.1. The Bertz CT molecular complexity index is 1180. The Hall–Kier alpha value is -3.28. The number of benzene rings is 2. The molecule has 3 aromatic rings. The van der Waals surface area contributed by atoms with E-state index in [-0.39, 0.29) is 24.4 Å². The zero-order chi connectivity index (χ0) is 19.7. The number of carbonyl (C=O) groups is 2. The van der Waals surface area contributed by atoms with E-state index in [0.717, 1.165) is 40.7 Å². The lowest BCUT2D eigenvalue weighted by molar-refractivity contribution is -0.157. The van der Waals surface area contributed by atoms with Crippen LogP contribution in [0, 0.1) is 0 Å². The van der Waals surface area contributed by atoms with E-state index in [9.17, 15) is 9.59 Å². The Morgan fingerprint density at radius 2 is 1.97 bits per heavy atom. The first-order valence-corrected chi connectivity index (χ1v) is 10.1. The summed E-state index contributed by atoms with van der Waals surface area (Å²) in [6, 6.07) is 13.9. The van der Waals surface area contributed by atoms with Gasteiger partial charge in [-0.1, -0.05) is 30.3 Å². The maximum Gasteiger partial charge on any atom is 0.245 e. The highest BCUT2D eigenvalue weighted by molar-refractivity contribution is 5.97. The third-order valence-corrected chi connectivity index (χ3v) is 6.61. The lowest BCUT2D eigenvalue weighted by Crippen LogP contribution is -2.62. The summed E-state index contributed by atoms with van der Waals surface area (Å²) >= 11 is 0. The smallest absolute Gasteiger partial charge is 0.245 e. The van der Waals surface area contributed by atoms with Gasteiger partial charge in [-0.3, -0.25) is 9.59 Å². The molecular formula is C23H22N4O2. The SMILES string of the molecule is CN1CC(=O)N2[C@H](c3ccc4c(c3)CCN4)c3[nH]c4ccccc4c3C[C@@H]2C1=O. The molecule has 0 aliphatic carbocycles. The van der Waals surface area contributed by atoms with E-state index in [4.69, 9.17) is 0 Å². The molecule has 0 saturated carbocycles. The molecule has 0 spiro atoms. The van der Waals surface area contributed by atoms with E-state index in [1.54, 1.807) is 11.9 Å². The summed E-state index contributed by atoms with van der Waals surface area (Å²) in [7, 11) is 1.72. The Morgan fingerprint density at radius 3 is 2.86 bits per heavy atom. The number of likely N-dealkylation sites (N-methyl/N-ethyl adjacent to an activating group) is 1. The zero-order valence-corrected chi connectivity index (χ0v) is 16.2. The summed E-state index contributed by atoms with van der Waals surface area (Å²) in [5.74, 6) is 0.0263. The average molecular weight is 386 g/mol. The molecule has 4 heterocycles. The van der Waals surface area contributed by atoms with Crippen molar-refractivity contribution in [3.05, 3.63) is 64.8 Å². The topological polar surface area (TPSA) is 68.4 Å². The predicted octanol–water partition coefficient (Wildman–Crippen LogP) is 2.45. The first kappa shape index (κ1) is 16.7. The number of aromatic amines is 1. The van der Waals surface area contributed by atoms with Gasteiger partial charge < -0.3 is 20.1 Å². The second-order valence-electron chi connectivity index (χ2n) is 8.27. The monoisotopic (exact) mass is 386 g/mol. The molecule has 29 heavy (non-hydrogen) atoms. The summed E-state index contributed by atoms with van der Waals surface area (Å²) in [6.07, 6.45) is 1.53. The molecule has 6 rings (SSSR count). The molecule has 0 unspecified atom stereocenters. The molecule has 2 aromatic carbocycles. The van der Waals surface area contributed by atoms with Crippen LogP contribution in [-0.2, 0) is 22.4 Å². The largest absolute Gasteiger partial charge is 0.384 e. The lowest BCUT2D eigenvalue weighted by atomic mass is 9.85. The first-order valence-electron chi connectivity index (χ1n) is 10.1. The van der Waals surface area contributed by atoms with Gasteiger partial charge in [0.05, 0.1) is 12.6 Å². The number of H-pyrrole nitrogens is 1. The second-order valence-corrected chi connectivity index (χ2v) is 8.27. The molecule has 2 N–H and O–H groups in total. The molecule has 3 aliphatic rings. The van der Waals surface area contributed by atoms with E-state index in [1.807, 2.05) is 17.0 Å². The van der Waals surface area contributed by atoms with Crippen molar-refractivity contribution in [2.75, 3.05) is 25.5 Å². The number of nitrogens with one attached hydrogen (secondary N) is 2. The van der Waals surface area contributed by atoms with Gasteiger partial charge in [0.25, 0.3) is 0 Å². The molecule has 2 atom stereocenters. The number of amides is 2. The number of para-hydroxylation sites is 1. The Labute approximate surface area is 168 Å². The number of rotatable bonds is 1. The van der Waals surface area contributed by atoms with Crippen molar-refractivity contribution in [1.82, 2.24) is 14.8 Å². The van der Waals surface area contributed by atoms with Gasteiger partial charge in [0, 0.05) is 42.3 Å². The standard InChI is InChI=1S/C23H22N4O2/c1-26-12-20(28)27-19(23(26)29)11-16-15-4-2-3-5-18(15)25-21(16)22(27)14-6-7-17-13(10-14)8-9-24-17/h2-7,10,19,22,24-25H,8-9,11-12H2,1H3/t19-,22-/m1/s1. The minimum Gasteiger partial charge on any atom is -0.384 e. The van der Waals surface area contributed by atoms with E-state index < -0.39 is 6.04 Å². The number of aromatic nitrogens is 1. The molecule has 6 heteroatoms. The molecule has 146 valence electrons. The van der Waals surface area contributed by atoms with E-state index in [0.29, 0.717) is 6.42 Å². The fourth-order valence-corrected chi connectivity index (χ4v) is 5.25. The van der Waals surface area contributed by atoms with E-state index >= 15 is 0 Å². The predicted molar refractivity (Wildman–Crippen MR) is 111 cm³/mol. The van der Waals surface area contributed by atoms with Crippen molar-refractivity contribution >= 4 is 28.4 Å². The van der Waals surface area contributed by atoms with Crippen LogP contribution in [0.25, 0.3) is 10.9 Å². The van der Waals surface area contributed by atoms with Gasteiger partial charge in [-0.15, -0.1) is 0 Å². The van der Waals surface area contributed by atoms with Crippen LogP contribution in [0.15, 0.2) is 42.5 Å². The first-order chi connectivity index (χ1) is 14.1. The molecular weight excluding hydrogens is 364 g/mol. The molecule has 3 aliphatic heterocycles. The molecule has 1 fully saturated rings. The highest BCUT2D eigenvalue weighted by atomic mass is 16.2. The van der Waals surface area contributed by atoms with Crippen molar-refractivity contribution in [3.8, 4) is 0 Å². The third-order valence-electron chi connectivity index (χ3n) is 6.61. The molecule has 1 saturated heterocycles. The number of piperazine rings is 1. The quantitative estimate of drug-likeness (QED) is 0.675. The molecule has 2 amide bonds. The average Bonchev–Trinajstić information content (AvgIpc) is 3.34. The van der Waals surface area contributed by atoms with Gasteiger partial charge in [0.2, 0.25) is 11.8 Å². The van der Waals surface area contributed by atoms with Crippen molar-refractivity contribution in [3.63, 3.8) is 0 Å². The van der Waals surface area contributed by atoms with Crippen molar-refractivity contribution < 1.29 is 9.59 Å². The minimum absolute atomic E-state index is 0.00466. The van der Waals surface area contributed by atoms with E-state index in [1.165, 1.54) is 11.3 Å². The highest BCUT2D eigenvalue weighted by Crippen LogP contribution is 2.43. The Kier molecular flexibility index (Phi) is 3.37. The second kappa shape index (κ2) is 5.86. The van der Waals surface area contributed by atoms with Gasteiger partial charge in [0.15, 0.2) is 0 Å². The molecule has 0 bridgehead atoms. The summed E-state index contributed by atoms with van der Waals surface area (Å²) in [5.41, 5.74) is 6.75. The van der Waals surface area contributed by atoms with Crippen LogP contribution in [0.1, 0.15) is 28.4 Å². The van der Waals surface area contributed by atoms with Crippen molar-refractivity contribution in [2.45, 2.75) is 24.9 Å². The number of fused-ring (bicyclic) bond motifs is 5. The van der Waals surface area contributed by atoms with Crippen LogP contribution in [0.3, 0.4) is 0 Å². The van der Waals surface area contributed by atoms with Crippen LogP contribution < -0.4 is 5.32 Å². The van der Waals surface area contributed by atoms with Crippen LogP contribution >= 0.6 is 0 Å². The maximum atomic E-state index is 13.1. The van der Waals surface area contributed by atoms with Crippen LogP contribution in [0.2, 0.25) is 0 Å². The number of hydrogen-bond acceptors (Lipinski definition) is 3. The maximum absolute atomic E-state index is 13.1. The van der Waals surface area contributed by atoms with Crippen LogP contribution in [0.4, 0.5) is 5.69 Å². The van der Waals surface area contributed by atoms with Gasteiger partial charge >= 0.3 is 0 Å². The number of carbonyl (C=O) groups excluding carboxylic acids is 2. The Morgan fingerprint density at radius 1 is 1.10 bits per heavy atom. The van der Waals surface area contributed by atoms with Gasteiger partial charge in [-0.25, -0.2) is 0 Å². The van der Waals surface area contributed by atoms with Crippen molar-refractivity contribution in [1.29, 1.82) is 0 Å². The number of hydrogen-bond donors (Lipinski definition) is 2. The summed E-state index contributed by atoms with van der Waals surface area (Å²) in [6.45, 7) is 1.07. The molecule has 1 aromatic heterocycles. The van der Waals surface area contributed by atoms with Crippen LogP contribution in [0.5, 0.6) is 0 Å². The van der Waals surface area contributed by atoms with Crippen LogP contribution in [-0.4, -0.2) is 52.8 Å². The zero-order valence-electron chi connectivity index (χ0n) is 16.2.